The van der Waals surface area contributed by atoms with Gasteiger partial charge in [0.2, 0.25) is 5.91 Å². The molecule has 0 aliphatic carbocycles. The quantitative estimate of drug-likeness (QED) is 0.774. The molecule has 0 bridgehead atoms. The molecule has 6 heteroatoms. The van der Waals surface area contributed by atoms with Crippen LogP contribution in [0.2, 0.25) is 5.02 Å². The Labute approximate surface area is 164 Å². The minimum atomic E-state index is -0.204. The highest BCUT2D eigenvalue weighted by molar-refractivity contribution is 6.30. The van der Waals surface area contributed by atoms with Gasteiger partial charge in [-0.2, -0.15) is 0 Å². The van der Waals surface area contributed by atoms with Crippen LogP contribution >= 0.6 is 11.6 Å². The molecule has 1 saturated heterocycles. The van der Waals surface area contributed by atoms with Gasteiger partial charge in [0.15, 0.2) is 0 Å². The van der Waals surface area contributed by atoms with E-state index < -0.39 is 0 Å². The van der Waals surface area contributed by atoms with Crippen LogP contribution in [0.15, 0.2) is 48.5 Å². The van der Waals surface area contributed by atoms with E-state index in [4.69, 9.17) is 11.6 Å². The highest BCUT2D eigenvalue weighted by Gasteiger charge is 2.29. The van der Waals surface area contributed by atoms with Gasteiger partial charge in [0.1, 0.15) is 0 Å². The molecule has 3 rings (SSSR count). The molecule has 1 fully saturated rings. The molecule has 5 nitrogen and oxygen atoms in total. The van der Waals surface area contributed by atoms with Crippen molar-refractivity contribution in [1.82, 2.24) is 4.90 Å². The molecule has 0 saturated carbocycles. The Morgan fingerprint density at radius 3 is 2.30 bits per heavy atom. The Bertz CT molecular complexity index is 790. The second kappa shape index (κ2) is 9.02. The minimum Gasteiger partial charge on any atom is -0.325 e. The number of likely N-dealkylation sites (tertiary alicyclic amines) is 1. The summed E-state index contributed by atoms with van der Waals surface area (Å²) in [7, 11) is 0. The van der Waals surface area contributed by atoms with Crippen molar-refractivity contribution in [3.8, 4) is 0 Å². The minimum absolute atomic E-state index is 0.0406. The number of anilines is 2. The zero-order valence-corrected chi connectivity index (χ0v) is 16.1. The molecular formula is C21H24ClN3O2. The molecule has 1 aliphatic heterocycles. The maximum Gasteiger partial charge on any atom is 0.255 e. The number of nitrogens with zero attached hydrogens (tertiary/aromatic N) is 1. The average Bonchev–Trinajstić information content (AvgIpc) is 3.12. The predicted molar refractivity (Wildman–Crippen MR) is 109 cm³/mol. The van der Waals surface area contributed by atoms with Crippen molar-refractivity contribution in [2.45, 2.75) is 32.2 Å². The molecule has 1 aliphatic rings. The number of carbonyl (C=O) groups excluding carboxylic acids is 2. The largest absolute Gasteiger partial charge is 0.325 e. The van der Waals surface area contributed by atoms with E-state index in [1.54, 1.807) is 48.5 Å². The SMILES string of the molecule is CCCN1CCCC1C(=O)Nc1ccc(NC(=O)c2ccc(Cl)cc2)cc1. The van der Waals surface area contributed by atoms with Crippen LogP contribution in [0.4, 0.5) is 11.4 Å². The van der Waals surface area contributed by atoms with Gasteiger partial charge in [0, 0.05) is 22.0 Å². The summed E-state index contributed by atoms with van der Waals surface area (Å²) in [6.07, 6.45) is 3.01. The van der Waals surface area contributed by atoms with E-state index in [-0.39, 0.29) is 17.9 Å². The van der Waals surface area contributed by atoms with Crippen LogP contribution in [0.1, 0.15) is 36.5 Å². The van der Waals surface area contributed by atoms with E-state index in [0.717, 1.165) is 38.0 Å². The van der Waals surface area contributed by atoms with E-state index in [1.165, 1.54) is 0 Å². The van der Waals surface area contributed by atoms with Gasteiger partial charge >= 0.3 is 0 Å². The smallest absolute Gasteiger partial charge is 0.255 e. The molecule has 2 N–H and O–H groups in total. The lowest BCUT2D eigenvalue weighted by Crippen LogP contribution is -2.39. The van der Waals surface area contributed by atoms with Crippen molar-refractivity contribution < 1.29 is 9.59 Å². The molecule has 0 spiro atoms. The fourth-order valence-corrected chi connectivity index (χ4v) is 3.47. The van der Waals surface area contributed by atoms with E-state index in [2.05, 4.69) is 22.5 Å². The summed E-state index contributed by atoms with van der Waals surface area (Å²) in [5.74, 6) is -0.163. The van der Waals surface area contributed by atoms with E-state index in [0.29, 0.717) is 16.3 Å². The number of amides is 2. The molecule has 1 heterocycles. The number of rotatable bonds is 6. The van der Waals surface area contributed by atoms with E-state index in [1.807, 2.05) is 0 Å². The molecule has 1 unspecified atom stereocenters. The number of halogens is 1. The first kappa shape index (κ1) is 19.4. The maximum atomic E-state index is 12.5. The van der Waals surface area contributed by atoms with E-state index in [9.17, 15) is 9.59 Å². The van der Waals surface area contributed by atoms with Crippen LogP contribution in [0, 0.1) is 0 Å². The van der Waals surface area contributed by atoms with Crippen molar-refractivity contribution >= 4 is 34.8 Å². The second-order valence-corrected chi connectivity index (χ2v) is 7.16. The normalized spacial score (nSPS) is 16.9. The number of carbonyl (C=O) groups is 2. The van der Waals surface area contributed by atoms with Crippen LogP contribution in [0.3, 0.4) is 0 Å². The van der Waals surface area contributed by atoms with Crippen molar-refractivity contribution in [3.05, 3.63) is 59.1 Å². The van der Waals surface area contributed by atoms with Gasteiger partial charge in [-0.15, -0.1) is 0 Å². The molecule has 0 radical (unpaired) electrons. The fraction of sp³-hybridized carbons (Fsp3) is 0.333. The summed E-state index contributed by atoms with van der Waals surface area (Å²) in [6.45, 7) is 4.07. The lowest BCUT2D eigenvalue weighted by Gasteiger charge is -2.23. The first-order valence-corrected chi connectivity index (χ1v) is 9.66. The molecular weight excluding hydrogens is 362 g/mol. The zero-order chi connectivity index (χ0) is 19.2. The van der Waals surface area contributed by atoms with E-state index >= 15 is 0 Å². The van der Waals surface area contributed by atoms with Gasteiger partial charge in [-0.25, -0.2) is 0 Å². The first-order chi connectivity index (χ1) is 13.1. The number of hydrogen-bond donors (Lipinski definition) is 2. The molecule has 142 valence electrons. The van der Waals surface area contributed by atoms with Gasteiger partial charge < -0.3 is 10.6 Å². The Balaban J connectivity index is 1.57. The van der Waals surface area contributed by atoms with Crippen LogP contribution in [-0.4, -0.2) is 35.8 Å². The lowest BCUT2D eigenvalue weighted by atomic mass is 10.2. The molecule has 1 atom stereocenters. The number of benzene rings is 2. The summed E-state index contributed by atoms with van der Waals surface area (Å²) in [5.41, 5.74) is 1.93. The Kier molecular flexibility index (Phi) is 6.48. The highest BCUT2D eigenvalue weighted by Crippen LogP contribution is 2.21. The predicted octanol–water partition coefficient (Wildman–Crippen LogP) is 4.41. The maximum absolute atomic E-state index is 12.5. The standard InChI is InChI=1S/C21H24ClN3O2/c1-2-13-25-14-3-4-19(25)21(27)24-18-11-9-17(10-12-18)23-20(26)15-5-7-16(22)8-6-15/h5-12,19H,2-4,13-14H2,1H3,(H,23,26)(H,24,27). The number of hydrogen-bond acceptors (Lipinski definition) is 3. The summed E-state index contributed by atoms with van der Waals surface area (Å²) >= 11 is 5.84. The summed E-state index contributed by atoms with van der Waals surface area (Å²) < 4.78 is 0. The molecule has 2 aromatic carbocycles. The summed E-state index contributed by atoms with van der Waals surface area (Å²) in [5, 5.41) is 6.41. The van der Waals surface area contributed by atoms with Gasteiger partial charge in [-0.3, -0.25) is 14.5 Å². The molecule has 2 aromatic rings. The van der Waals surface area contributed by atoms with Crippen LogP contribution < -0.4 is 10.6 Å². The molecule has 27 heavy (non-hydrogen) atoms. The first-order valence-electron chi connectivity index (χ1n) is 9.28. The van der Waals surface area contributed by atoms with Crippen molar-refractivity contribution in [2.24, 2.45) is 0 Å². The lowest BCUT2D eigenvalue weighted by molar-refractivity contribution is -0.120. The second-order valence-electron chi connectivity index (χ2n) is 6.72. The number of nitrogens with one attached hydrogen (secondary N) is 2. The van der Waals surface area contributed by atoms with Crippen molar-refractivity contribution in [3.63, 3.8) is 0 Å². The molecule has 0 aromatic heterocycles. The van der Waals surface area contributed by atoms with Crippen LogP contribution in [-0.2, 0) is 4.79 Å². The van der Waals surface area contributed by atoms with Crippen LogP contribution in [0.5, 0.6) is 0 Å². The van der Waals surface area contributed by atoms with Crippen molar-refractivity contribution in [1.29, 1.82) is 0 Å². The third-order valence-electron chi connectivity index (χ3n) is 4.69. The van der Waals surface area contributed by atoms with Gasteiger partial charge in [0.25, 0.3) is 5.91 Å². The average molecular weight is 386 g/mol. The fourth-order valence-electron chi connectivity index (χ4n) is 3.34. The monoisotopic (exact) mass is 385 g/mol. The Hall–Kier alpha value is -2.37. The summed E-state index contributed by atoms with van der Waals surface area (Å²) in [6, 6.07) is 13.8. The van der Waals surface area contributed by atoms with Gasteiger partial charge in [0.05, 0.1) is 6.04 Å². The topological polar surface area (TPSA) is 61.4 Å². The van der Waals surface area contributed by atoms with Crippen molar-refractivity contribution in [2.75, 3.05) is 23.7 Å². The Morgan fingerprint density at radius 1 is 1.04 bits per heavy atom. The third-order valence-corrected chi connectivity index (χ3v) is 4.95. The Morgan fingerprint density at radius 2 is 1.67 bits per heavy atom. The zero-order valence-electron chi connectivity index (χ0n) is 15.4. The van der Waals surface area contributed by atoms with Crippen LogP contribution in [0.25, 0.3) is 0 Å². The van der Waals surface area contributed by atoms with Gasteiger partial charge in [-0.1, -0.05) is 18.5 Å². The van der Waals surface area contributed by atoms with Gasteiger partial charge in [-0.05, 0) is 80.9 Å². The summed E-state index contributed by atoms with van der Waals surface area (Å²) in [4.78, 5) is 27.0. The molecule has 2 amide bonds. The highest BCUT2D eigenvalue weighted by atomic mass is 35.5. The third kappa shape index (κ3) is 5.08.